The number of carbonyl (C=O) groups is 1. The molecule has 2 bridgehead atoms. The minimum absolute atomic E-state index is 0.318. The van der Waals surface area contributed by atoms with E-state index < -0.39 is 18.9 Å². The smallest absolute Gasteiger partial charge is 0.254 e. The molecule has 2 aromatic carbocycles. The molecule has 156 valence electrons. The lowest BCUT2D eigenvalue weighted by Crippen LogP contribution is -2.30. The van der Waals surface area contributed by atoms with Crippen molar-refractivity contribution in [1.82, 2.24) is 19.4 Å². The highest BCUT2D eigenvalue weighted by Crippen LogP contribution is 2.48. The van der Waals surface area contributed by atoms with Gasteiger partial charge < -0.3 is 15.2 Å². The average molecular weight is 423 g/mol. The summed E-state index contributed by atoms with van der Waals surface area (Å²) in [7, 11) is 0. The van der Waals surface area contributed by atoms with Gasteiger partial charge in [0.05, 0.1) is 28.8 Å². The van der Waals surface area contributed by atoms with E-state index in [0.29, 0.717) is 35.5 Å². The van der Waals surface area contributed by atoms with E-state index in [4.69, 9.17) is 21.3 Å². The molecular formula is C26H21N5O. The second-order valence-corrected chi connectivity index (χ2v) is 8.15. The third kappa shape index (κ3) is 2.49. The number of aromatic nitrogens is 3. The monoisotopic (exact) mass is 422 g/mol. The molecule has 6 rings (SSSR count). The predicted octanol–water partition coefficient (Wildman–Crippen LogP) is 3.66. The van der Waals surface area contributed by atoms with Gasteiger partial charge in [0, 0.05) is 52.5 Å². The van der Waals surface area contributed by atoms with Crippen molar-refractivity contribution in [2.45, 2.75) is 25.0 Å². The largest absolute Gasteiger partial charge is 0.331 e. The van der Waals surface area contributed by atoms with Gasteiger partial charge in [-0.2, -0.15) is 0 Å². The maximum atomic E-state index is 13.5. The summed E-state index contributed by atoms with van der Waals surface area (Å²) in [5.41, 5.74) is 11.5. The SMILES string of the molecule is [2H]C([2H])([2H])N1C(=O)c2cccc(C#C)c2[C@H]2C[C@@H]1c1nc3ccc(-c4ccc(CN)cn4)cc3n12. The second kappa shape index (κ2) is 6.78. The van der Waals surface area contributed by atoms with Crippen molar-refractivity contribution in [3.05, 3.63) is 82.8 Å². The van der Waals surface area contributed by atoms with Gasteiger partial charge in [0.1, 0.15) is 5.82 Å². The first-order valence-corrected chi connectivity index (χ1v) is 10.4. The highest BCUT2D eigenvalue weighted by Gasteiger charge is 2.44. The Bertz CT molecular complexity index is 1550. The number of nitrogens with two attached hydrogens (primary N) is 1. The molecule has 0 fully saturated rings. The van der Waals surface area contributed by atoms with Crippen LogP contribution in [0.15, 0.2) is 54.7 Å². The fourth-order valence-corrected chi connectivity index (χ4v) is 4.95. The van der Waals surface area contributed by atoms with Crippen molar-refractivity contribution in [3.63, 3.8) is 0 Å². The van der Waals surface area contributed by atoms with Crippen LogP contribution in [0.5, 0.6) is 0 Å². The third-order valence-corrected chi connectivity index (χ3v) is 6.48. The number of nitrogens with zero attached hydrogens (tertiary/aromatic N) is 4. The lowest BCUT2D eigenvalue weighted by atomic mass is 9.93. The lowest BCUT2D eigenvalue weighted by molar-refractivity contribution is 0.0734. The topological polar surface area (TPSA) is 77.0 Å². The molecule has 0 saturated carbocycles. The van der Waals surface area contributed by atoms with E-state index in [1.807, 2.05) is 34.9 Å². The van der Waals surface area contributed by atoms with Crippen LogP contribution in [0.4, 0.5) is 0 Å². The maximum Gasteiger partial charge on any atom is 0.254 e. The summed E-state index contributed by atoms with van der Waals surface area (Å²) in [6.45, 7) is -2.21. The van der Waals surface area contributed by atoms with E-state index in [0.717, 1.165) is 32.8 Å². The molecule has 1 amide bonds. The molecule has 2 aromatic heterocycles. The van der Waals surface area contributed by atoms with Crippen molar-refractivity contribution >= 4 is 16.9 Å². The summed E-state index contributed by atoms with van der Waals surface area (Å²) in [6.07, 6.45) is 7.97. The average Bonchev–Trinajstić information content (AvgIpc) is 3.35. The molecule has 4 heterocycles. The highest BCUT2D eigenvalue weighted by molar-refractivity contribution is 5.98. The number of hydrogen-bond acceptors (Lipinski definition) is 4. The van der Waals surface area contributed by atoms with Crippen LogP contribution in [0, 0.1) is 12.3 Å². The first-order valence-electron chi connectivity index (χ1n) is 11.9. The highest BCUT2D eigenvalue weighted by atomic mass is 16.2. The number of rotatable bonds is 2. The summed E-state index contributed by atoms with van der Waals surface area (Å²) < 4.78 is 26.5. The molecule has 2 aliphatic rings. The van der Waals surface area contributed by atoms with Crippen molar-refractivity contribution in [1.29, 1.82) is 0 Å². The minimum atomic E-state index is -2.63. The normalized spacial score (nSPS) is 20.7. The number of amides is 1. The van der Waals surface area contributed by atoms with Gasteiger partial charge in [-0.15, -0.1) is 6.42 Å². The molecule has 32 heavy (non-hydrogen) atoms. The lowest BCUT2D eigenvalue weighted by Gasteiger charge is -2.24. The minimum Gasteiger partial charge on any atom is -0.331 e. The quantitative estimate of drug-likeness (QED) is 0.500. The van der Waals surface area contributed by atoms with E-state index >= 15 is 0 Å². The van der Waals surface area contributed by atoms with Gasteiger partial charge in [0.25, 0.3) is 5.91 Å². The van der Waals surface area contributed by atoms with E-state index in [-0.39, 0.29) is 6.04 Å². The van der Waals surface area contributed by atoms with Crippen LogP contribution in [0.3, 0.4) is 0 Å². The Hall–Kier alpha value is -3.95. The Morgan fingerprint density at radius 3 is 2.91 bits per heavy atom. The zero-order valence-electron chi connectivity index (χ0n) is 20.1. The number of carbonyl (C=O) groups excluding carboxylic acids is 1. The van der Waals surface area contributed by atoms with E-state index in [2.05, 4.69) is 10.9 Å². The molecular weight excluding hydrogens is 398 g/mol. The van der Waals surface area contributed by atoms with Crippen molar-refractivity contribution < 1.29 is 8.91 Å². The van der Waals surface area contributed by atoms with Crippen LogP contribution in [-0.2, 0) is 6.54 Å². The van der Waals surface area contributed by atoms with Gasteiger partial charge in [-0.1, -0.05) is 24.1 Å². The maximum absolute atomic E-state index is 13.5. The zero-order valence-corrected chi connectivity index (χ0v) is 17.1. The van der Waals surface area contributed by atoms with E-state index in [1.54, 1.807) is 24.4 Å². The number of fused-ring (bicyclic) bond motifs is 9. The molecule has 2 atom stereocenters. The predicted molar refractivity (Wildman–Crippen MR) is 123 cm³/mol. The van der Waals surface area contributed by atoms with Gasteiger partial charge in [-0.25, -0.2) is 4.98 Å². The van der Waals surface area contributed by atoms with Gasteiger partial charge in [0.15, 0.2) is 0 Å². The third-order valence-electron chi connectivity index (χ3n) is 6.48. The van der Waals surface area contributed by atoms with Gasteiger partial charge in [0.2, 0.25) is 0 Å². The van der Waals surface area contributed by atoms with Crippen molar-refractivity contribution in [3.8, 4) is 23.6 Å². The first-order chi connectivity index (χ1) is 16.8. The Kier molecular flexibility index (Phi) is 3.34. The van der Waals surface area contributed by atoms with E-state index in [1.165, 1.54) is 0 Å². The molecule has 0 aliphatic carbocycles. The number of hydrogen-bond donors (Lipinski definition) is 1. The Balaban J connectivity index is 1.61. The van der Waals surface area contributed by atoms with Crippen molar-refractivity contribution in [2.75, 3.05) is 6.98 Å². The van der Waals surface area contributed by atoms with Crippen molar-refractivity contribution in [2.24, 2.45) is 5.73 Å². The molecule has 6 heteroatoms. The van der Waals surface area contributed by atoms with Crippen LogP contribution in [-0.4, -0.2) is 32.3 Å². The van der Waals surface area contributed by atoms with Crippen LogP contribution >= 0.6 is 0 Å². The molecule has 0 unspecified atom stereocenters. The summed E-state index contributed by atoms with van der Waals surface area (Å²) in [6, 6.07) is 13.8. The Labute approximate surface area is 189 Å². The first kappa shape index (κ1) is 15.8. The fraction of sp³-hybridized carbons (Fsp3) is 0.192. The molecule has 0 saturated heterocycles. The Morgan fingerprint density at radius 1 is 1.25 bits per heavy atom. The molecule has 2 aliphatic heterocycles. The van der Waals surface area contributed by atoms with Crippen LogP contribution < -0.4 is 5.73 Å². The summed E-state index contributed by atoms with van der Waals surface area (Å²) in [4.78, 5) is 23.8. The zero-order chi connectivity index (χ0) is 24.5. The molecule has 0 spiro atoms. The number of benzene rings is 2. The second-order valence-electron chi connectivity index (χ2n) is 8.15. The standard InChI is InChI=1S/C26H21N5O/c1-3-16-5-4-6-18-24(16)22-12-23(30(2)26(18)32)25-29-20-10-8-17(11-21(20)31(22)25)19-9-7-15(13-27)14-28-19/h1,4-11,14,22-23H,12-13,27H2,2H3/t22-,23-/m1/s1/i2D3. The van der Waals surface area contributed by atoms with Gasteiger partial charge in [-0.3, -0.25) is 9.78 Å². The number of imidazole rings is 1. The molecule has 0 radical (unpaired) electrons. The number of terminal acetylenes is 1. The van der Waals surface area contributed by atoms with E-state index in [9.17, 15) is 4.79 Å². The van der Waals surface area contributed by atoms with Crippen LogP contribution in [0.2, 0.25) is 0 Å². The number of pyridine rings is 1. The molecule has 4 aromatic rings. The van der Waals surface area contributed by atoms with Crippen LogP contribution in [0.1, 0.15) is 55.5 Å². The van der Waals surface area contributed by atoms with Crippen LogP contribution in [0.25, 0.3) is 22.3 Å². The fourth-order valence-electron chi connectivity index (χ4n) is 4.95. The summed E-state index contributed by atoms with van der Waals surface area (Å²) >= 11 is 0. The molecule has 6 nitrogen and oxygen atoms in total. The van der Waals surface area contributed by atoms with Gasteiger partial charge in [-0.05, 0) is 35.9 Å². The molecule has 2 N–H and O–H groups in total. The summed E-state index contributed by atoms with van der Waals surface area (Å²) in [5.74, 6) is 2.70. The van der Waals surface area contributed by atoms with Gasteiger partial charge >= 0.3 is 0 Å². The Morgan fingerprint density at radius 2 is 2.16 bits per heavy atom. The summed E-state index contributed by atoms with van der Waals surface area (Å²) in [5, 5.41) is 0.